The summed E-state index contributed by atoms with van der Waals surface area (Å²) >= 11 is 3.23. The molecule has 1 atom stereocenters. The number of halogens is 2. The normalized spacial score (nSPS) is 20.9. The highest BCUT2D eigenvalue weighted by molar-refractivity contribution is 9.10. The van der Waals surface area contributed by atoms with Crippen molar-refractivity contribution in [2.45, 2.75) is 11.7 Å². The average Bonchev–Trinajstić information content (AvgIpc) is 2.61. The van der Waals surface area contributed by atoms with Gasteiger partial charge in [-0.1, -0.05) is 0 Å². The van der Waals surface area contributed by atoms with E-state index in [9.17, 15) is 17.1 Å². The second-order valence-electron chi connectivity index (χ2n) is 3.63. The number of nitrogens with zero attached hydrogens (tertiary/aromatic N) is 2. The highest BCUT2D eigenvalue weighted by Gasteiger charge is 2.39. The van der Waals surface area contributed by atoms with Crippen molar-refractivity contribution >= 4 is 37.7 Å². The summed E-state index contributed by atoms with van der Waals surface area (Å²) in [5, 5.41) is -1.29. The fourth-order valence-electron chi connectivity index (χ4n) is 1.66. The van der Waals surface area contributed by atoms with Crippen LogP contribution < -0.4 is 4.90 Å². The van der Waals surface area contributed by atoms with Gasteiger partial charge in [-0.2, -0.15) is 8.42 Å². The zero-order valence-electron chi connectivity index (χ0n) is 8.51. The van der Waals surface area contributed by atoms with Crippen molar-refractivity contribution in [3.8, 4) is 0 Å². The minimum absolute atomic E-state index is 0.179. The van der Waals surface area contributed by atoms with E-state index in [1.807, 2.05) is 0 Å². The van der Waals surface area contributed by atoms with Crippen LogP contribution in [0.25, 0.3) is 0 Å². The molecule has 0 radical (unpaired) electrons. The summed E-state index contributed by atoms with van der Waals surface area (Å²) < 4.78 is 35.0. The monoisotopic (exact) mass is 322 g/mol. The van der Waals surface area contributed by atoms with Crippen LogP contribution in [0.4, 0.5) is 9.57 Å². The van der Waals surface area contributed by atoms with Gasteiger partial charge < -0.3 is 4.90 Å². The number of carbonyl (C=O) groups is 1. The standard InChI is InChI=1S/C9H8BrFN2O3S/c10-7-1-2-12-4-8(7)13-5-6(3-9(13)14)17(11,15)16/h1-2,4,6H,3,5H2. The molecule has 0 N–H and O–H groups in total. The van der Waals surface area contributed by atoms with Crippen LogP contribution in [0.3, 0.4) is 0 Å². The molecule has 92 valence electrons. The minimum atomic E-state index is -4.69. The zero-order valence-corrected chi connectivity index (χ0v) is 10.9. The molecule has 0 spiro atoms. The number of pyridine rings is 1. The molecule has 0 bridgehead atoms. The van der Waals surface area contributed by atoms with Crippen LogP contribution >= 0.6 is 15.9 Å². The Bertz CT molecular complexity index is 563. The van der Waals surface area contributed by atoms with E-state index < -0.39 is 21.4 Å². The maximum atomic E-state index is 12.8. The molecule has 1 unspecified atom stereocenters. The molecule has 8 heteroatoms. The van der Waals surface area contributed by atoms with Crippen LogP contribution in [0.2, 0.25) is 0 Å². The molecule has 0 aliphatic carbocycles. The molecule has 1 aliphatic rings. The summed E-state index contributed by atoms with van der Waals surface area (Å²) in [5.41, 5.74) is 0.448. The summed E-state index contributed by atoms with van der Waals surface area (Å²) in [6.07, 6.45) is 2.62. The fourth-order valence-corrected chi connectivity index (χ4v) is 2.77. The quantitative estimate of drug-likeness (QED) is 0.768. The van der Waals surface area contributed by atoms with Crippen molar-refractivity contribution < 1.29 is 17.1 Å². The van der Waals surface area contributed by atoms with E-state index in [-0.39, 0.29) is 13.0 Å². The average molecular weight is 323 g/mol. The van der Waals surface area contributed by atoms with Crippen molar-refractivity contribution in [3.63, 3.8) is 0 Å². The maximum Gasteiger partial charge on any atom is 0.307 e. The molecule has 1 aliphatic heterocycles. The predicted molar refractivity (Wildman–Crippen MR) is 62.7 cm³/mol. The van der Waals surface area contributed by atoms with Crippen molar-refractivity contribution in [2.75, 3.05) is 11.4 Å². The number of anilines is 1. The van der Waals surface area contributed by atoms with E-state index in [0.29, 0.717) is 10.2 Å². The Morgan fingerprint density at radius 2 is 2.24 bits per heavy atom. The lowest BCUT2D eigenvalue weighted by Gasteiger charge is -2.16. The van der Waals surface area contributed by atoms with Crippen LogP contribution in [0.1, 0.15) is 6.42 Å². The predicted octanol–water partition coefficient (Wildman–Crippen LogP) is 1.25. The van der Waals surface area contributed by atoms with E-state index in [1.54, 1.807) is 6.07 Å². The van der Waals surface area contributed by atoms with Crippen molar-refractivity contribution in [1.29, 1.82) is 0 Å². The summed E-state index contributed by atoms with van der Waals surface area (Å²) in [4.78, 5) is 16.7. The van der Waals surface area contributed by atoms with E-state index >= 15 is 0 Å². The number of amides is 1. The molecule has 0 saturated carbocycles. The molecule has 5 nitrogen and oxygen atoms in total. The highest BCUT2D eigenvalue weighted by atomic mass is 79.9. The fraction of sp³-hybridized carbons (Fsp3) is 0.333. The van der Waals surface area contributed by atoms with Crippen molar-refractivity contribution in [1.82, 2.24) is 4.98 Å². The van der Waals surface area contributed by atoms with Crippen molar-refractivity contribution in [2.24, 2.45) is 0 Å². The van der Waals surface area contributed by atoms with Gasteiger partial charge in [0.25, 0.3) is 0 Å². The number of rotatable bonds is 2. The molecular formula is C9H8BrFN2O3S. The molecule has 0 aromatic carbocycles. The van der Waals surface area contributed by atoms with Gasteiger partial charge in [-0.15, -0.1) is 3.89 Å². The maximum absolute atomic E-state index is 12.8. The molecule has 1 amide bonds. The molecule has 2 heterocycles. The largest absolute Gasteiger partial charge is 0.308 e. The lowest BCUT2D eigenvalue weighted by atomic mass is 10.4. The minimum Gasteiger partial charge on any atom is -0.308 e. The summed E-state index contributed by atoms with van der Waals surface area (Å²) in [5.74, 6) is -0.426. The second-order valence-corrected chi connectivity index (χ2v) is 6.11. The van der Waals surface area contributed by atoms with E-state index in [4.69, 9.17) is 0 Å². The number of aromatic nitrogens is 1. The van der Waals surface area contributed by atoms with Crippen LogP contribution in [0, 0.1) is 0 Å². The topological polar surface area (TPSA) is 67.3 Å². The Labute approximate surface area is 106 Å². The Morgan fingerprint density at radius 1 is 1.53 bits per heavy atom. The molecule has 2 rings (SSSR count). The van der Waals surface area contributed by atoms with Gasteiger partial charge in [-0.25, -0.2) is 0 Å². The van der Waals surface area contributed by atoms with Gasteiger partial charge in [0.15, 0.2) is 0 Å². The SMILES string of the molecule is O=C1CC(S(=O)(=O)F)CN1c1cnccc1Br. The number of hydrogen-bond donors (Lipinski definition) is 0. The second kappa shape index (κ2) is 4.34. The zero-order chi connectivity index (χ0) is 12.6. The van der Waals surface area contributed by atoms with Gasteiger partial charge in [0.1, 0.15) is 5.25 Å². The van der Waals surface area contributed by atoms with E-state index in [1.165, 1.54) is 17.3 Å². The van der Waals surface area contributed by atoms with Gasteiger partial charge in [-0.3, -0.25) is 9.78 Å². The first-order valence-electron chi connectivity index (χ1n) is 4.73. The Balaban J connectivity index is 2.31. The van der Waals surface area contributed by atoms with Gasteiger partial charge in [0, 0.05) is 23.6 Å². The van der Waals surface area contributed by atoms with Gasteiger partial charge >= 0.3 is 10.2 Å². The first-order chi connectivity index (χ1) is 7.89. The number of carbonyl (C=O) groups excluding carboxylic acids is 1. The van der Waals surface area contributed by atoms with Crippen LogP contribution in [0.15, 0.2) is 22.9 Å². The lowest BCUT2D eigenvalue weighted by molar-refractivity contribution is -0.117. The molecule has 17 heavy (non-hydrogen) atoms. The van der Waals surface area contributed by atoms with Gasteiger partial charge in [-0.05, 0) is 22.0 Å². The van der Waals surface area contributed by atoms with Crippen LogP contribution in [0.5, 0.6) is 0 Å². The summed E-state index contributed by atoms with van der Waals surface area (Å²) in [7, 11) is -4.69. The lowest BCUT2D eigenvalue weighted by Crippen LogP contribution is -2.27. The summed E-state index contributed by atoms with van der Waals surface area (Å²) in [6.45, 7) is -0.179. The Kier molecular flexibility index (Phi) is 3.17. The number of hydrogen-bond acceptors (Lipinski definition) is 4. The van der Waals surface area contributed by atoms with Crippen molar-refractivity contribution in [3.05, 3.63) is 22.9 Å². The molecule has 1 aromatic heterocycles. The Hall–Kier alpha value is -1.02. The van der Waals surface area contributed by atoms with Crippen LogP contribution in [-0.2, 0) is 15.0 Å². The van der Waals surface area contributed by atoms with Crippen LogP contribution in [-0.4, -0.2) is 31.1 Å². The first kappa shape index (κ1) is 12.4. The highest BCUT2D eigenvalue weighted by Crippen LogP contribution is 2.30. The van der Waals surface area contributed by atoms with E-state index in [0.717, 1.165) is 0 Å². The first-order valence-corrected chi connectivity index (χ1v) is 6.97. The van der Waals surface area contributed by atoms with Gasteiger partial charge in [0.2, 0.25) is 5.91 Å². The third kappa shape index (κ3) is 2.47. The molecule has 1 saturated heterocycles. The summed E-state index contributed by atoms with van der Waals surface area (Å²) in [6, 6.07) is 1.62. The smallest absolute Gasteiger partial charge is 0.307 e. The van der Waals surface area contributed by atoms with E-state index in [2.05, 4.69) is 20.9 Å². The Morgan fingerprint density at radius 3 is 2.76 bits per heavy atom. The molecule has 1 aromatic rings. The molecular weight excluding hydrogens is 315 g/mol. The van der Waals surface area contributed by atoms with Gasteiger partial charge in [0.05, 0.1) is 11.9 Å². The molecule has 1 fully saturated rings. The third-order valence-electron chi connectivity index (χ3n) is 2.53. The third-order valence-corrected chi connectivity index (χ3v) is 4.31.